The molecule has 0 radical (unpaired) electrons. The third-order valence-electron chi connectivity index (χ3n) is 6.75. The van der Waals surface area contributed by atoms with Crippen LogP contribution in [0.1, 0.15) is 29.8 Å². The highest BCUT2D eigenvalue weighted by molar-refractivity contribution is 6.31. The Hall–Kier alpha value is -3.10. The van der Waals surface area contributed by atoms with E-state index in [1.165, 1.54) is 11.0 Å². The van der Waals surface area contributed by atoms with Crippen LogP contribution in [-0.4, -0.2) is 57.5 Å². The predicted molar refractivity (Wildman–Crippen MR) is 123 cm³/mol. The van der Waals surface area contributed by atoms with Gasteiger partial charge in [-0.15, -0.1) is 0 Å². The van der Waals surface area contributed by atoms with Crippen molar-refractivity contribution in [3.8, 4) is 5.75 Å². The van der Waals surface area contributed by atoms with Gasteiger partial charge in [0.15, 0.2) is 0 Å². The minimum absolute atomic E-state index is 0.00545. The maximum atomic E-state index is 14.2. The van der Waals surface area contributed by atoms with Gasteiger partial charge in [-0.3, -0.25) is 9.69 Å². The number of phenolic OH excluding ortho intramolecular Hbond substituents is 1. The first kappa shape index (κ1) is 21.7. The summed E-state index contributed by atoms with van der Waals surface area (Å²) in [6.45, 7) is 2.54. The van der Waals surface area contributed by atoms with Gasteiger partial charge < -0.3 is 20.3 Å². The molecule has 1 fully saturated rings. The van der Waals surface area contributed by atoms with Crippen molar-refractivity contribution in [2.45, 2.75) is 31.3 Å². The molecule has 172 valence electrons. The number of hydrogen-bond donors (Lipinski definition) is 3. The molecule has 0 saturated carbocycles. The number of aromatic amines is 1. The van der Waals surface area contributed by atoms with E-state index in [2.05, 4.69) is 10.3 Å². The number of carbonyl (C=O) groups is 2. The molecule has 2 aliphatic rings. The van der Waals surface area contributed by atoms with Gasteiger partial charge in [-0.1, -0.05) is 23.7 Å². The number of halogens is 2. The third kappa shape index (κ3) is 3.28. The highest BCUT2D eigenvalue weighted by Gasteiger charge is 2.59. The fourth-order valence-corrected chi connectivity index (χ4v) is 5.36. The Morgan fingerprint density at radius 3 is 2.82 bits per heavy atom. The van der Waals surface area contributed by atoms with Crippen LogP contribution in [0.2, 0.25) is 5.02 Å². The minimum atomic E-state index is -1.09. The topological polar surface area (TPSA) is 88.7 Å². The number of fused-ring (bicyclic) bond motifs is 4. The molecule has 33 heavy (non-hydrogen) atoms. The van der Waals surface area contributed by atoms with Crippen molar-refractivity contribution in [3.63, 3.8) is 0 Å². The lowest BCUT2D eigenvalue weighted by molar-refractivity contribution is -0.133. The molecule has 9 heteroatoms. The molecule has 3 aromatic rings. The van der Waals surface area contributed by atoms with Gasteiger partial charge in [0.1, 0.15) is 17.1 Å². The molecule has 2 atom stereocenters. The summed E-state index contributed by atoms with van der Waals surface area (Å²) in [6, 6.07) is 8.89. The molecule has 0 spiro atoms. The van der Waals surface area contributed by atoms with Crippen molar-refractivity contribution in [2.24, 2.45) is 0 Å². The number of amides is 3. The van der Waals surface area contributed by atoms with Crippen LogP contribution in [-0.2, 0) is 17.6 Å². The average molecular weight is 471 g/mol. The minimum Gasteiger partial charge on any atom is -0.508 e. The lowest BCUT2D eigenvalue weighted by Gasteiger charge is -2.42. The summed E-state index contributed by atoms with van der Waals surface area (Å²) in [5.41, 5.74) is 1.90. The van der Waals surface area contributed by atoms with Crippen molar-refractivity contribution < 1.29 is 19.1 Å². The number of hydrogen-bond acceptors (Lipinski definition) is 4. The molecule has 2 aliphatic heterocycles. The second-order valence-corrected chi connectivity index (χ2v) is 9.29. The van der Waals surface area contributed by atoms with E-state index in [9.17, 15) is 19.1 Å². The van der Waals surface area contributed by atoms with E-state index in [1.54, 1.807) is 43.1 Å². The Labute approximate surface area is 195 Å². The zero-order valence-electron chi connectivity index (χ0n) is 18.3. The summed E-state index contributed by atoms with van der Waals surface area (Å²) in [5.74, 6) is -0.669. The quantitative estimate of drug-likeness (QED) is 0.495. The molecular formula is C24H24ClFN4O3. The molecule has 1 aromatic heterocycles. The van der Waals surface area contributed by atoms with E-state index in [4.69, 9.17) is 11.6 Å². The van der Waals surface area contributed by atoms with E-state index >= 15 is 0 Å². The normalized spacial score (nSPS) is 22.2. The Morgan fingerprint density at radius 1 is 1.30 bits per heavy atom. The SMILES string of the molecule is CNCCN1C(=O)N2C(Cc3cccc(O)c3)c3[nH]c4cc(F)c(Cl)cc4c3C[C@@]2(C)C1=O. The molecule has 1 unspecified atom stereocenters. The molecule has 7 nitrogen and oxygen atoms in total. The standard InChI is InChI=1S/C24H24ClFN4O3/c1-24-12-16-15-10-17(25)18(26)11-19(15)28-21(16)20(9-13-4-3-5-14(31)8-13)30(24)23(33)29(22(24)32)7-6-27-2/h3-5,8,10-11,20,27-28,31H,6-7,9,12H2,1-2H3/t20?,24-/m0/s1. The van der Waals surface area contributed by atoms with Crippen LogP contribution in [0, 0.1) is 5.82 Å². The summed E-state index contributed by atoms with van der Waals surface area (Å²) in [7, 11) is 1.77. The average Bonchev–Trinajstić information content (AvgIpc) is 3.19. The summed E-state index contributed by atoms with van der Waals surface area (Å²) < 4.78 is 14.2. The predicted octanol–water partition coefficient (Wildman–Crippen LogP) is 3.75. The van der Waals surface area contributed by atoms with Gasteiger partial charge in [-0.25, -0.2) is 9.18 Å². The molecule has 2 aromatic carbocycles. The molecule has 3 N–H and O–H groups in total. The van der Waals surface area contributed by atoms with Crippen LogP contribution in [0.25, 0.3) is 10.9 Å². The number of nitrogens with one attached hydrogen (secondary N) is 2. The number of phenols is 1. The lowest BCUT2D eigenvalue weighted by atomic mass is 9.81. The van der Waals surface area contributed by atoms with Gasteiger partial charge in [0, 0.05) is 36.1 Å². The maximum Gasteiger partial charge on any atom is 0.328 e. The van der Waals surface area contributed by atoms with Crippen molar-refractivity contribution >= 4 is 34.4 Å². The zero-order valence-corrected chi connectivity index (χ0v) is 19.0. The monoisotopic (exact) mass is 470 g/mol. The molecule has 0 bridgehead atoms. The van der Waals surface area contributed by atoms with Crippen LogP contribution in [0.4, 0.5) is 9.18 Å². The number of benzene rings is 2. The molecule has 3 amide bonds. The number of likely N-dealkylation sites (N-methyl/N-ethyl adjacent to an activating group) is 1. The van der Waals surface area contributed by atoms with E-state index in [-0.39, 0.29) is 29.3 Å². The Kier molecular flexibility index (Phi) is 5.10. The fraction of sp³-hybridized carbons (Fsp3) is 0.333. The second-order valence-electron chi connectivity index (χ2n) is 8.88. The number of aromatic hydroxyl groups is 1. The van der Waals surface area contributed by atoms with Crippen molar-refractivity contribution in [3.05, 3.63) is 64.1 Å². The lowest BCUT2D eigenvalue weighted by Crippen LogP contribution is -2.53. The van der Waals surface area contributed by atoms with Crippen LogP contribution in [0.5, 0.6) is 5.75 Å². The number of H-pyrrole nitrogens is 1. The van der Waals surface area contributed by atoms with Gasteiger partial charge in [-0.2, -0.15) is 0 Å². The molecule has 5 rings (SSSR count). The maximum absolute atomic E-state index is 14.2. The van der Waals surface area contributed by atoms with Gasteiger partial charge >= 0.3 is 6.03 Å². The number of nitrogens with zero attached hydrogens (tertiary/aromatic N) is 2. The summed E-state index contributed by atoms with van der Waals surface area (Å²) in [6.07, 6.45) is 0.667. The van der Waals surface area contributed by atoms with E-state index in [0.29, 0.717) is 24.9 Å². The second kappa shape index (κ2) is 7.74. The zero-order chi connectivity index (χ0) is 23.5. The van der Waals surface area contributed by atoms with Gasteiger partial charge in [-0.05, 0) is 55.8 Å². The first-order valence-corrected chi connectivity index (χ1v) is 11.2. The van der Waals surface area contributed by atoms with Gasteiger partial charge in [0.05, 0.1) is 11.1 Å². The highest BCUT2D eigenvalue weighted by Crippen LogP contribution is 2.47. The van der Waals surface area contributed by atoms with Crippen LogP contribution in [0.15, 0.2) is 36.4 Å². The van der Waals surface area contributed by atoms with E-state index in [1.807, 2.05) is 6.07 Å². The van der Waals surface area contributed by atoms with E-state index in [0.717, 1.165) is 22.2 Å². The van der Waals surface area contributed by atoms with Gasteiger partial charge in [0.25, 0.3) is 5.91 Å². The van der Waals surface area contributed by atoms with Crippen molar-refractivity contribution in [1.82, 2.24) is 20.1 Å². The van der Waals surface area contributed by atoms with Crippen LogP contribution >= 0.6 is 11.6 Å². The number of carbonyl (C=O) groups excluding carboxylic acids is 2. The summed E-state index contributed by atoms with van der Waals surface area (Å²) >= 11 is 6.09. The largest absolute Gasteiger partial charge is 0.508 e. The van der Waals surface area contributed by atoms with E-state index < -0.39 is 17.4 Å². The summed E-state index contributed by atoms with van der Waals surface area (Å²) in [5, 5.41) is 13.7. The number of aromatic nitrogens is 1. The Balaban J connectivity index is 1.68. The highest BCUT2D eigenvalue weighted by atomic mass is 35.5. The molecule has 0 aliphatic carbocycles. The first-order chi connectivity index (χ1) is 15.7. The van der Waals surface area contributed by atoms with Crippen LogP contribution < -0.4 is 5.32 Å². The van der Waals surface area contributed by atoms with Crippen LogP contribution in [0.3, 0.4) is 0 Å². The van der Waals surface area contributed by atoms with Crippen molar-refractivity contribution in [2.75, 3.05) is 20.1 Å². The number of rotatable bonds is 5. The van der Waals surface area contributed by atoms with Crippen molar-refractivity contribution in [1.29, 1.82) is 0 Å². The summed E-state index contributed by atoms with van der Waals surface area (Å²) in [4.78, 5) is 33.3. The number of urea groups is 1. The molecule has 3 heterocycles. The number of imide groups is 1. The third-order valence-corrected chi connectivity index (χ3v) is 7.04. The van der Waals surface area contributed by atoms with Gasteiger partial charge in [0.2, 0.25) is 0 Å². The fourth-order valence-electron chi connectivity index (χ4n) is 5.19. The Morgan fingerprint density at radius 2 is 2.09 bits per heavy atom. The smallest absolute Gasteiger partial charge is 0.328 e. The molecular weight excluding hydrogens is 447 g/mol. The first-order valence-electron chi connectivity index (χ1n) is 10.8. The Bertz CT molecular complexity index is 1290. The molecule has 1 saturated heterocycles.